The molecule has 12 heteroatoms. The first-order valence-corrected chi connectivity index (χ1v) is 12.8. The van der Waals surface area contributed by atoms with Crippen molar-refractivity contribution in [2.75, 3.05) is 59.0 Å². The van der Waals surface area contributed by atoms with Gasteiger partial charge in [-0.25, -0.2) is 4.39 Å². The molecular formula is C26H30ClFN8O2. The van der Waals surface area contributed by atoms with Gasteiger partial charge in [-0.05, 0) is 36.7 Å². The average molecular weight is 541 g/mol. The van der Waals surface area contributed by atoms with Gasteiger partial charge in [0.15, 0.2) is 11.6 Å². The fraction of sp³-hybridized carbons (Fsp3) is 0.423. The number of nitrogens with zero attached hydrogens (tertiary/aromatic N) is 7. The number of benzene rings is 1. The highest BCUT2D eigenvalue weighted by Crippen LogP contribution is 2.36. The van der Waals surface area contributed by atoms with Crippen molar-refractivity contribution in [2.24, 2.45) is 10.1 Å². The van der Waals surface area contributed by atoms with Crippen LogP contribution in [0, 0.1) is 5.82 Å². The maximum Gasteiger partial charge on any atom is 0.160 e. The molecule has 38 heavy (non-hydrogen) atoms. The van der Waals surface area contributed by atoms with Gasteiger partial charge >= 0.3 is 0 Å². The van der Waals surface area contributed by atoms with Crippen LogP contribution >= 0.6 is 11.6 Å². The number of Topliss-reactive ketones (excluding diaryl/α,β-unsaturated/α-hetero) is 1. The van der Waals surface area contributed by atoms with E-state index in [-0.39, 0.29) is 10.8 Å². The van der Waals surface area contributed by atoms with Crippen LogP contribution in [0.2, 0.25) is 5.02 Å². The van der Waals surface area contributed by atoms with Crippen LogP contribution in [0.25, 0.3) is 10.4 Å². The summed E-state index contributed by atoms with van der Waals surface area (Å²) in [5, 5.41) is 7.05. The lowest BCUT2D eigenvalue weighted by molar-refractivity contribution is -0.114. The van der Waals surface area contributed by atoms with E-state index in [9.17, 15) is 9.18 Å². The van der Waals surface area contributed by atoms with E-state index in [1.807, 2.05) is 18.2 Å². The van der Waals surface area contributed by atoms with Crippen LogP contribution in [-0.4, -0.2) is 85.4 Å². The smallest absolute Gasteiger partial charge is 0.160 e. The first-order valence-electron chi connectivity index (χ1n) is 12.4. The quantitative estimate of drug-likeness (QED) is 0.201. The largest absolute Gasteiger partial charge is 0.380 e. The Balaban J connectivity index is 1.51. The molecule has 1 unspecified atom stereocenters. The normalized spacial score (nSPS) is 18.5. The molecule has 4 rings (SSSR count). The number of ether oxygens (including phenoxy) is 1. The lowest BCUT2D eigenvalue weighted by atomic mass is 9.92. The number of piperazine rings is 1. The Morgan fingerprint density at radius 2 is 2.03 bits per heavy atom. The molecule has 2 aliphatic rings. The van der Waals surface area contributed by atoms with Gasteiger partial charge in [0.2, 0.25) is 0 Å². The zero-order valence-electron chi connectivity index (χ0n) is 21.2. The molecule has 2 aromatic rings. The first-order chi connectivity index (χ1) is 18.5. The molecule has 0 saturated carbocycles. The third-order valence-electron chi connectivity index (χ3n) is 6.47. The van der Waals surface area contributed by atoms with E-state index in [2.05, 4.69) is 30.1 Å². The number of hydrogen-bond acceptors (Lipinski definition) is 8. The second-order valence-electron chi connectivity index (χ2n) is 9.02. The lowest BCUT2D eigenvalue weighted by Gasteiger charge is -2.36. The van der Waals surface area contributed by atoms with E-state index in [1.54, 1.807) is 12.3 Å². The fourth-order valence-electron chi connectivity index (χ4n) is 4.55. The molecule has 0 aliphatic carbocycles. The van der Waals surface area contributed by atoms with Crippen LogP contribution in [-0.2, 0) is 9.53 Å². The van der Waals surface area contributed by atoms with E-state index >= 15 is 0 Å². The number of carbonyl (C=O) groups excluding carboxylic acids is 1. The molecule has 1 atom stereocenters. The standard InChI is InChI=1S/C26H30ClFN8O2/c1-18(37)24-23(17-36-11-9-35(10-12-36)13-15-38-14-8-31-34-29)32-26(22-4-2-3-7-30-22)33-25(24)20-6-5-19(28)16-21(20)27/h2-7,16,25H,8-15,17H2,1H3,(H,32,33). The molecule has 0 bridgehead atoms. The molecule has 1 fully saturated rings. The van der Waals surface area contributed by atoms with Crippen molar-refractivity contribution in [1.82, 2.24) is 20.1 Å². The predicted octanol–water partition coefficient (Wildman–Crippen LogP) is 3.75. The Labute approximate surface area is 225 Å². The summed E-state index contributed by atoms with van der Waals surface area (Å²) in [7, 11) is 0. The third-order valence-corrected chi connectivity index (χ3v) is 6.79. The van der Waals surface area contributed by atoms with Gasteiger partial charge in [-0.1, -0.05) is 28.8 Å². The number of hydrogen-bond donors (Lipinski definition) is 1. The van der Waals surface area contributed by atoms with E-state index in [4.69, 9.17) is 26.9 Å². The molecule has 1 aromatic carbocycles. The van der Waals surface area contributed by atoms with E-state index in [0.29, 0.717) is 49.0 Å². The monoisotopic (exact) mass is 540 g/mol. The Bertz CT molecular complexity index is 1240. The van der Waals surface area contributed by atoms with Gasteiger partial charge in [-0.2, -0.15) is 0 Å². The van der Waals surface area contributed by atoms with Gasteiger partial charge in [0, 0.05) is 78.8 Å². The minimum atomic E-state index is -0.683. The van der Waals surface area contributed by atoms with Crippen molar-refractivity contribution in [3.8, 4) is 0 Å². The number of halogens is 2. The van der Waals surface area contributed by atoms with Crippen molar-refractivity contribution in [1.29, 1.82) is 0 Å². The number of aromatic nitrogens is 1. The molecule has 3 heterocycles. The van der Waals surface area contributed by atoms with Crippen molar-refractivity contribution >= 4 is 23.2 Å². The highest BCUT2D eigenvalue weighted by atomic mass is 35.5. The Morgan fingerprint density at radius 1 is 1.24 bits per heavy atom. The van der Waals surface area contributed by atoms with Gasteiger partial charge in [0.25, 0.3) is 0 Å². The molecule has 2 aliphatic heterocycles. The van der Waals surface area contributed by atoms with Crippen molar-refractivity contribution < 1.29 is 13.9 Å². The van der Waals surface area contributed by atoms with Gasteiger partial charge < -0.3 is 10.1 Å². The van der Waals surface area contributed by atoms with Gasteiger partial charge in [-0.3, -0.25) is 24.6 Å². The number of nitrogens with one attached hydrogen (secondary N) is 1. The first kappa shape index (κ1) is 27.7. The summed E-state index contributed by atoms with van der Waals surface area (Å²) in [6, 6.07) is 9.01. The second kappa shape index (κ2) is 13.5. The second-order valence-corrected chi connectivity index (χ2v) is 9.43. The highest BCUT2D eigenvalue weighted by molar-refractivity contribution is 6.31. The van der Waals surface area contributed by atoms with Crippen LogP contribution in [0.4, 0.5) is 4.39 Å². The molecule has 0 radical (unpaired) electrons. The van der Waals surface area contributed by atoms with Crippen LogP contribution in [0.15, 0.2) is 64.0 Å². The summed E-state index contributed by atoms with van der Waals surface area (Å²) in [5.74, 6) is -0.0418. The summed E-state index contributed by atoms with van der Waals surface area (Å²) in [4.78, 5) is 29.5. The summed E-state index contributed by atoms with van der Waals surface area (Å²) >= 11 is 6.43. The highest BCUT2D eigenvalue weighted by Gasteiger charge is 2.32. The number of carbonyl (C=O) groups is 1. The van der Waals surface area contributed by atoms with E-state index in [0.717, 1.165) is 38.4 Å². The Hall–Kier alpha value is -3.34. The molecule has 200 valence electrons. The molecule has 0 spiro atoms. The zero-order valence-corrected chi connectivity index (χ0v) is 21.9. The molecule has 1 N–H and O–H groups in total. The zero-order chi connectivity index (χ0) is 26.9. The summed E-state index contributed by atoms with van der Waals surface area (Å²) in [5.41, 5.74) is 10.8. The number of ketones is 1. The van der Waals surface area contributed by atoms with Crippen molar-refractivity contribution in [3.05, 3.63) is 86.4 Å². The van der Waals surface area contributed by atoms with E-state index < -0.39 is 11.9 Å². The van der Waals surface area contributed by atoms with Crippen LogP contribution in [0.5, 0.6) is 0 Å². The van der Waals surface area contributed by atoms with Crippen LogP contribution in [0.3, 0.4) is 0 Å². The van der Waals surface area contributed by atoms with Crippen LogP contribution in [0.1, 0.15) is 24.2 Å². The van der Waals surface area contributed by atoms with Gasteiger partial charge in [-0.15, -0.1) is 0 Å². The number of amidine groups is 1. The van der Waals surface area contributed by atoms with Crippen LogP contribution < -0.4 is 5.32 Å². The maximum absolute atomic E-state index is 13.8. The molecular weight excluding hydrogens is 511 g/mol. The Morgan fingerprint density at radius 3 is 2.71 bits per heavy atom. The summed E-state index contributed by atoms with van der Waals surface area (Å²) in [6.45, 7) is 7.50. The van der Waals surface area contributed by atoms with Crippen molar-refractivity contribution in [3.63, 3.8) is 0 Å². The minimum Gasteiger partial charge on any atom is -0.380 e. The fourth-order valence-corrected chi connectivity index (χ4v) is 4.82. The maximum atomic E-state index is 13.8. The van der Waals surface area contributed by atoms with Crippen molar-refractivity contribution in [2.45, 2.75) is 13.0 Å². The number of rotatable bonds is 11. The topological polar surface area (TPSA) is 119 Å². The average Bonchev–Trinajstić information content (AvgIpc) is 2.91. The SMILES string of the molecule is CC(=O)C1=C(CN2CCN(CCOCCN=[N+]=[N-])CC2)NC(c2ccccn2)=NC1c1ccc(F)cc1Cl. The third kappa shape index (κ3) is 7.15. The number of azide groups is 1. The lowest BCUT2D eigenvalue weighted by Crippen LogP contribution is -2.49. The van der Waals surface area contributed by atoms with E-state index in [1.165, 1.54) is 19.1 Å². The molecule has 1 saturated heterocycles. The minimum absolute atomic E-state index is 0.127. The summed E-state index contributed by atoms with van der Waals surface area (Å²) in [6.07, 6.45) is 1.68. The number of aliphatic imine (C=N–C) groups is 1. The van der Waals surface area contributed by atoms with Gasteiger partial charge in [0.1, 0.15) is 17.6 Å². The Kier molecular flexibility index (Phi) is 9.80. The predicted molar refractivity (Wildman–Crippen MR) is 143 cm³/mol. The molecule has 1 aromatic heterocycles. The number of pyridine rings is 1. The summed E-state index contributed by atoms with van der Waals surface area (Å²) < 4.78 is 19.3. The molecule has 10 nitrogen and oxygen atoms in total. The molecule has 0 amide bonds. The van der Waals surface area contributed by atoms with Gasteiger partial charge in [0.05, 0.1) is 13.2 Å².